The van der Waals surface area contributed by atoms with E-state index < -0.39 is 0 Å². The maximum absolute atomic E-state index is 11.8. The molecule has 2 heterocycles. The number of ether oxygens (including phenoxy) is 1. The van der Waals surface area contributed by atoms with E-state index in [4.69, 9.17) is 9.26 Å². The lowest BCUT2D eigenvalue weighted by Crippen LogP contribution is -2.21. The van der Waals surface area contributed by atoms with Crippen LogP contribution in [0.1, 0.15) is 17.3 Å². The number of aromatic nitrogens is 3. The first-order valence-corrected chi connectivity index (χ1v) is 8.18. The summed E-state index contributed by atoms with van der Waals surface area (Å²) >= 11 is 0. The fraction of sp³-hybridized carbons (Fsp3) is 0.263. The molecule has 7 nitrogen and oxygen atoms in total. The molecule has 0 atom stereocenters. The van der Waals surface area contributed by atoms with Gasteiger partial charge in [0.25, 0.3) is 0 Å². The van der Waals surface area contributed by atoms with Crippen molar-refractivity contribution >= 4 is 5.91 Å². The fourth-order valence-electron chi connectivity index (χ4n) is 2.72. The van der Waals surface area contributed by atoms with E-state index in [-0.39, 0.29) is 12.3 Å². The van der Waals surface area contributed by atoms with Gasteiger partial charge in [0.1, 0.15) is 17.3 Å². The fourth-order valence-corrected chi connectivity index (χ4v) is 2.72. The number of likely N-dealkylation sites (N-methyl/N-ethyl adjacent to an activating group) is 1. The number of hydrogen-bond acceptors (Lipinski definition) is 6. The minimum atomic E-state index is -0.155. The second-order valence-electron chi connectivity index (χ2n) is 5.84. The summed E-state index contributed by atoms with van der Waals surface area (Å²) in [7, 11) is 3.20. The van der Waals surface area contributed by atoms with Crippen molar-refractivity contribution in [2.45, 2.75) is 20.3 Å². The molecule has 0 spiro atoms. The standard InChI is InChI=1S/C19H20N4O3/c1-11-19(12(2)26-23-11)16-9-15(13-6-5-7-14(8-13)25-4)21-17(22-16)10-18(24)20-3/h5-9H,10H2,1-4H3,(H,20,24). The monoisotopic (exact) mass is 352 g/mol. The van der Waals surface area contributed by atoms with Gasteiger partial charge in [-0.05, 0) is 32.0 Å². The summed E-state index contributed by atoms with van der Waals surface area (Å²) in [6.45, 7) is 3.69. The normalized spacial score (nSPS) is 10.6. The number of hydrogen-bond donors (Lipinski definition) is 1. The van der Waals surface area contributed by atoms with Gasteiger partial charge in [-0.15, -0.1) is 0 Å². The summed E-state index contributed by atoms with van der Waals surface area (Å²) in [5.74, 6) is 1.67. The van der Waals surface area contributed by atoms with E-state index in [2.05, 4.69) is 20.4 Å². The smallest absolute Gasteiger partial charge is 0.227 e. The highest BCUT2D eigenvalue weighted by Gasteiger charge is 2.17. The molecule has 0 radical (unpaired) electrons. The van der Waals surface area contributed by atoms with E-state index in [9.17, 15) is 4.79 Å². The Bertz CT molecular complexity index is 930. The Morgan fingerprint density at radius 2 is 1.96 bits per heavy atom. The Morgan fingerprint density at radius 1 is 1.19 bits per heavy atom. The number of rotatable bonds is 5. The zero-order valence-corrected chi connectivity index (χ0v) is 15.2. The van der Waals surface area contributed by atoms with Crippen molar-refractivity contribution in [2.75, 3.05) is 14.2 Å². The van der Waals surface area contributed by atoms with Crippen molar-refractivity contribution in [3.05, 3.63) is 47.6 Å². The molecular formula is C19H20N4O3. The predicted molar refractivity (Wildman–Crippen MR) is 96.8 cm³/mol. The van der Waals surface area contributed by atoms with E-state index in [1.165, 1.54) is 0 Å². The Kier molecular flexibility index (Phi) is 4.97. The van der Waals surface area contributed by atoms with Crippen LogP contribution in [0.3, 0.4) is 0 Å². The van der Waals surface area contributed by atoms with E-state index in [1.807, 2.05) is 44.2 Å². The molecule has 2 aromatic heterocycles. The third-order valence-electron chi connectivity index (χ3n) is 4.02. The number of amides is 1. The van der Waals surface area contributed by atoms with Crippen LogP contribution in [0, 0.1) is 13.8 Å². The maximum atomic E-state index is 11.8. The van der Waals surface area contributed by atoms with E-state index in [1.54, 1.807) is 14.2 Å². The third kappa shape index (κ3) is 3.56. The van der Waals surface area contributed by atoms with E-state index in [0.717, 1.165) is 22.6 Å². The van der Waals surface area contributed by atoms with Crippen molar-refractivity contribution in [1.82, 2.24) is 20.4 Å². The number of carbonyl (C=O) groups excluding carboxylic acids is 1. The summed E-state index contributed by atoms with van der Waals surface area (Å²) in [6.07, 6.45) is 0.0880. The first-order chi connectivity index (χ1) is 12.5. The maximum Gasteiger partial charge on any atom is 0.227 e. The van der Waals surface area contributed by atoms with E-state index in [0.29, 0.717) is 23.0 Å². The second kappa shape index (κ2) is 7.35. The second-order valence-corrected chi connectivity index (χ2v) is 5.84. The number of aryl methyl sites for hydroxylation is 2. The summed E-state index contributed by atoms with van der Waals surface area (Å²) < 4.78 is 10.6. The lowest BCUT2D eigenvalue weighted by molar-refractivity contribution is -0.120. The number of carbonyl (C=O) groups is 1. The van der Waals surface area contributed by atoms with Gasteiger partial charge in [0.15, 0.2) is 0 Å². The topological polar surface area (TPSA) is 90.1 Å². The highest BCUT2D eigenvalue weighted by atomic mass is 16.5. The zero-order valence-electron chi connectivity index (χ0n) is 15.2. The van der Waals surface area contributed by atoms with E-state index >= 15 is 0 Å². The molecular weight excluding hydrogens is 332 g/mol. The van der Waals surface area contributed by atoms with Crippen molar-refractivity contribution < 1.29 is 14.1 Å². The van der Waals surface area contributed by atoms with Crippen molar-refractivity contribution in [1.29, 1.82) is 0 Å². The summed E-state index contributed by atoms with van der Waals surface area (Å²) in [5.41, 5.74) is 3.80. The molecule has 0 aliphatic heterocycles. The van der Waals surface area contributed by atoms with Gasteiger partial charge < -0.3 is 14.6 Å². The molecule has 0 unspecified atom stereocenters. The zero-order chi connectivity index (χ0) is 18.7. The predicted octanol–water partition coefficient (Wildman–Crippen LogP) is 2.71. The molecule has 3 rings (SSSR count). The molecule has 1 amide bonds. The Labute approximate surface area is 151 Å². The molecule has 0 saturated heterocycles. The summed E-state index contributed by atoms with van der Waals surface area (Å²) in [4.78, 5) is 20.9. The molecule has 0 fully saturated rings. The molecule has 0 aliphatic rings. The number of methoxy groups -OCH3 is 1. The Hall–Kier alpha value is -3.22. The van der Waals surface area contributed by atoms with Gasteiger partial charge >= 0.3 is 0 Å². The molecule has 1 N–H and O–H groups in total. The van der Waals surface area contributed by atoms with Crippen LogP contribution in [-0.4, -0.2) is 35.2 Å². The van der Waals surface area contributed by atoms with Gasteiger partial charge in [-0.1, -0.05) is 17.3 Å². The number of nitrogens with one attached hydrogen (secondary N) is 1. The van der Waals surface area contributed by atoms with Gasteiger partial charge in [0.05, 0.1) is 36.2 Å². The third-order valence-corrected chi connectivity index (χ3v) is 4.02. The van der Waals surface area contributed by atoms with Crippen LogP contribution in [0.5, 0.6) is 5.75 Å². The molecule has 26 heavy (non-hydrogen) atoms. The summed E-state index contributed by atoms with van der Waals surface area (Å²) in [5, 5.41) is 6.59. The SMILES string of the molecule is CNC(=O)Cc1nc(-c2cccc(OC)c2)cc(-c2c(C)noc2C)n1. The molecule has 0 saturated carbocycles. The van der Waals surface area contributed by atoms with Gasteiger partial charge in [-0.25, -0.2) is 9.97 Å². The first-order valence-electron chi connectivity index (χ1n) is 8.18. The Balaban J connectivity index is 2.15. The van der Waals surface area contributed by atoms with Gasteiger partial charge in [0, 0.05) is 12.6 Å². The highest BCUT2D eigenvalue weighted by molar-refractivity contribution is 5.78. The van der Waals surface area contributed by atoms with Crippen LogP contribution in [0.4, 0.5) is 0 Å². The van der Waals surface area contributed by atoms with Crippen molar-refractivity contribution in [3.63, 3.8) is 0 Å². The number of benzene rings is 1. The summed E-state index contributed by atoms with van der Waals surface area (Å²) in [6, 6.07) is 9.46. The van der Waals surface area contributed by atoms with Crippen molar-refractivity contribution in [2.24, 2.45) is 0 Å². The minimum absolute atomic E-state index is 0.0880. The molecule has 1 aromatic carbocycles. The minimum Gasteiger partial charge on any atom is -0.497 e. The average molecular weight is 352 g/mol. The van der Waals surface area contributed by atoms with Gasteiger partial charge in [0.2, 0.25) is 5.91 Å². The molecule has 0 bridgehead atoms. The highest BCUT2D eigenvalue weighted by Crippen LogP contribution is 2.29. The van der Waals surface area contributed by atoms with Crippen LogP contribution in [0.25, 0.3) is 22.5 Å². The number of nitrogens with zero attached hydrogens (tertiary/aromatic N) is 3. The molecule has 0 aliphatic carbocycles. The largest absolute Gasteiger partial charge is 0.497 e. The van der Waals surface area contributed by atoms with Gasteiger partial charge in [-0.3, -0.25) is 4.79 Å². The van der Waals surface area contributed by atoms with Crippen LogP contribution >= 0.6 is 0 Å². The van der Waals surface area contributed by atoms with Crippen LogP contribution in [0.15, 0.2) is 34.9 Å². The van der Waals surface area contributed by atoms with Crippen LogP contribution in [-0.2, 0) is 11.2 Å². The van der Waals surface area contributed by atoms with Crippen LogP contribution in [0.2, 0.25) is 0 Å². The molecule has 3 aromatic rings. The van der Waals surface area contributed by atoms with Crippen molar-refractivity contribution in [3.8, 4) is 28.3 Å². The quantitative estimate of drug-likeness (QED) is 0.759. The van der Waals surface area contributed by atoms with Crippen LogP contribution < -0.4 is 10.1 Å². The van der Waals surface area contributed by atoms with Gasteiger partial charge in [-0.2, -0.15) is 0 Å². The lowest BCUT2D eigenvalue weighted by Gasteiger charge is -2.09. The first kappa shape index (κ1) is 17.6. The molecule has 7 heteroatoms. The lowest BCUT2D eigenvalue weighted by atomic mass is 10.1. The Morgan fingerprint density at radius 3 is 2.62 bits per heavy atom. The molecule has 134 valence electrons. The average Bonchev–Trinajstić information content (AvgIpc) is 2.99.